The molecule has 0 aliphatic carbocycles. The van der Waals surface area contributed by atoms with Gasteiger partial charge in [-0.25, -0.2) is 22.7 Å². The lowest BCUT2D eigenvalue weighted by Gasteiger charge is -2.19. The molecule has 0 aliphatic rings. The van der Waals surface area contributed by atoms with Crippen molar-refractivity contribution in [3.8, 4) is 5.75 Å². The quantitative estimate of drug-likeness (QED) is 0.406. The molecule has 0 atom stereocenters. The van der Waals surface area contributed by atoms with Crippen LogP contribution < -0.4 is 20.1 Å². The number of ether oxygens (including phenoxy) is 2. The van der Waals surface area contributed by atoms with Crippen molar-refractivity contribution in [2.45, 2.75) is 31.3 Å². The van der Waals surface area contributed by atoms with Crippen LogP contribution in [0.4, 0.5) is 4.79 Å². The maximum atomic E-state index is 12.4. The standard InChI is InChI=1S/C17H25N3O8S/c1-17(2,3)28-16(24)20-8-7-19-15(23)12-6-5-11(29(25,26)18-4)9-13(12)27-10-14(21)22/h5-6,9,18H,7-8,10H2,1-4H3,(H,19,23)(H,20,24)(H,21,22). The Kier molecular flexibility index (Phi) is 8.40. The minimum absolute atomic E-state index is 0.0486. The summed E-state index contributed by atoms with van der Waals surface area (Å²) in [4.78, 5) is 34.5. The number of carbonyl (C=O) groups is 3. The Hall–Kier alpha value is -2.86. The molecule has 0 unspecified atom stereocenters. The smallest absolute Gasteiger partial charge is 0.407 e. The fourth-order valence-corrected chi connectivity index (χ4v) is 2.73. The van der Waals surface area contributed by atoms with Crippen LogP contribution in [-0.4, -0.2) is 63.8 Å². The first-order valence-electron chi connectivity index (χ1n) is 8.53. The lowest BCUT2D eigenvalue weighted by atomic mass is 10.2. The van der Waals surface area contributed by atoms with Gasteiger partial charge < -0.3 is 25.2 Å². The normalized spacial score (nSPS) is 11.4. The molecule has 4 N–H and O–H groups in total. The summed E-state index contributed by atoms with van der Waals surface area (Å²) in [6, 6.07) is 3.45. The molecule has 0 saturated carbocycles. The third kappa shape index (κ3) is 8.35. The molecular formula is C17H25N3O8S. The van der Waals surface area contributed by atoms with E-state index in [1.807, 2.05) is 0 Å². The van der Waals surface area contributed by atoms with Gasteiger partial charge in [-0.1, -0.05) is 0 Å². The highest BCUT2D eigenvalue weighted by atomic mass is 32.2. The Labute approximate surface area is 168 Å². The van der Waals surface area contributed by atoms with E-state index in [-0.39, 0.29) is 29.3 Å². The average Bonchev–Trinajstić information content (AvgIpc) is 2.61. The molecule has 1 rings (SSSR count). The molecule has 0 aliphatic heterocycles. The van der Waals surface area contributed by atoms with Crippen LogP contribution in [0.1, 0.15) is 31.1 Å². The Morgan fingerprint density at radius 1 is 1.10 bits per heavy atom. The van der Waals surface area contributed by atoms with Gasteiger partial charge in [-0.15, -0.1) is 0 Å². The molecular weight excluding hydrogens is 406 g/mol. The molecule has 0 heterocycles. The van der Waals surface area contributed by atoms with Gasteiger partial charge in [-0.05, 0) is 40.0 Å². The Bertz CT molecular complexity index is 862. The summed E-state index contributed by atoms with van der Waals surface area (Å²) < 4.78 is 36.1. The predicted molar refractivity (Wildman–Crippen MR) is 102 cm³/mol. The van der Waals surface area contributed by atoms with Crippen molar-refractivity contribution >= 4 is 28.0 Å². The highest BCUT2D eigenvalue weighted by Crippen LogP contribution is 2.23. The number of benzene rings is 1. The lowest BCUT2D eigenvalue weighted by molar-refractivity contribution is -0.139. The maximum Gasteiger partial charge on any atom is 0.407 e. The SMILES string of the molecule is CNS(=O)(=O)c1ccc(C(=O)NCCNC(=O)OC(C)(C)C)c(OCC(=O)O)c1. The Morgan fingerprint density at radius 2 is 1.72 bits per heavy atom. The van der Waals surface area contributed by atoms with Crippen LogP contribution in [0.5, 0.6) is 5.75 Å². The van der Waals surface area contributed by atoms with Crippen LogP contribution >= 0.6 is 0 Å². The predicted octanol–water partition coefficient (Wildman–Crippen LogP) is 0.313. The lowest BCUT2D eigenvalue weighted by Crippen LogP contribution is -2.38. The van der Waals surface area contributed by atoms with Crippen molar-refractivity contribution in [3.63, 3.8) is 0 Å². The fraction of sp³-hybridized carbons (Fsp3) is 0.471. The minimum Gasteiger partial charge on any atom is -0.481 e. The number of nitrogens with one attached hydrogen (secondary N) is 3. The monoisotopic (exact) mass is 431 g/mol. The summed E-state index contributed by atoms with van der Waals surface area (Å²) in [5.74, 6) is -2.13. The molecule has 0 aromatic heterocycles. The molecule has 29 heavy (non-hydrogen) atoms. The van der Waals surface area contributed by atoms with E-state index in [1.165, 1.54) is 19.2 Å². The van der Waals surface area contributed by atoms with Gasteiger partial charge in [0.05, 0.1) is 10.5 Å². The summed E-state index contributed by atoms with van der Waals surface area (Å²) in [7, 11) is -2.60. The zero-order valence-electron chi connectivity index (χ0n) is 16.6. The molecule has 12 heteroatoms. The van der Waals surface area contributed by atoms with Gasteiger partial charge in [0, 0.05) is 19.2 Å². The number of carbonyl (C=O) groups excluding carboxylic acids is 2. The van der Waals surface area contributed by atoms with Gasteiger partial charge in [0.25, 0.3) is 5.91 Å². The number of sulfonamides is 1. The number of aliphatic carboxylic acids is 1. The first-order chi connectivity index (χ1) is 13.4. The van der Waals surface area contributed by atoms with Gasteiger partial charge in [-0.3, -0.25) is 4.79 Å². The number of carboxylic acid groups (broad SMARTS) is 1. The van der Waals surface area contributed by atoms with Crippen LogP contribution in [0.25, 0.3) is 0 Å². The number of hydrogen-bond donors (Lipinski definition) is 4. The molecule has 2 amide bonds. The zero-order chi connectivity index (χ0) is 22.2. The van der Waals surface area contributed by atoms with Crippen molar-refractivity contribution in [1.82, 2.24) is 15.4 Å². The van der Waals surface area contributed by atoms with E-state index < -0.39 is 40.2 Å². The molecule has 1 aromatic carbocycles. The average molecular weight is 431 g/mol. The number of hydrogen-bond acceptors (Lipinski definition) is 7. The third-order valence-electron chi connectivity index (χ3n) is 3.21. The summed E-state index contributed by atoms with van der Waals surface area (Å²) in [6.07, 6.45) is -0.640. The maximum absolute atomic E-state index is 12.4. The summed E-state index contributed by atoms with van der Waals surface area (Å²) in [5, 5.41) is 13.8. The van der Waals surface area contributed by atoms with E-state index in [0.29, 0.717) is 0 Å². The third-order valence-corrected chi connectivity index (χ3v) is 4.62. The van der Waals surface area contributed by atoms with Gasteiger partial charge >= 0.3 is 12.1 Å². The second-order valence-electron chi connectivity index (χ2n) is 6.73. The van der Waals surface area contributed by atoms with Gasteiger partial charge in [0.15, 0.2) is 6.61 Å². The van der Waals surface area contributed by atoms with Crippen molar-refractivity contribution < 1.29 is 37.4 Å². The minimum atomic E-state index is -3.82. The van der Waals surface area contributed by atoms with Gasteiger partial charge in [-0.2, -0.15) is 0 Å². The first-order valence-corrected chi connectivity index (χ1v) is 10.0. The van der Waals surface area contributed by atoms with Crippen molar-refractivity contribution in [2.75, 3.05) is 26.7 Å². The summed E-state index contributed by atoms with van der Waals surface area (Å²) in [5.41, 5.74) is -0.711. The summed E-state index contributed by atoms with van der Waals surface area (Å²) >= 11 is 0. The number of amides is 2. The number of alkyl carbamates (subject to hydrolysis) is 1. The van der Waals surface area contributed by atoms with Crippen LogP contribution in [0.2, 0.25) is 0 Å². The molecule has 11 nitrogen and oxygen atoms in total. The second-order valence-corrected chi connectivity index (χ2v) is 8.62. The highest BCUT2D eigenvalue weighted by Gasteiger charge is 2.20. The topological polar surface area (TPSA) is 160 Å². The van der Waals surface area contributed by atoms with E-state index in [9.17, 15) is 22.8 Å². The van der Waals surface area contributed by atoms with E-state index in [4.69, 9.17) is 14.6 Å². The van der Waals surface area contributed by atoms with E-state index in [2.05, 4.69) is 15.4 Å². The van der Waals surface area contributed by atoms with Crippen LogP contribution in [-0.2, 0) is 19.6 Å². The molecule has 1 aromatic rings. The van der Waals surface area contributed by atoms with Crippen LogP contribution in [0, 0.1) is 0 Å². The van der Waals surface area contributed by atoms with E-state index >= 15 is 0 Å². The van der Waals surface area contributed by atoms with Gasteiger partial charge in [0.2, 0.25) is 10.0 Å². The van der Waals surface area contributed by atoms with Crippen molar-refractivity contribution in [3.05, 3.63) is 23.8 Å². The zero-order valence-corrected chi connectivity index (χ0v) is 17.4. The molecule has 0 saturated heterocycles. The number of rotatable bonds is 9. The van der Waals surface area contributed by atoms with Crippen molar-refractivity contribution in [1.29, 1.82) is 0 Å². The Morgan fingerprint density at radius 3 is 2.28 bits per heavy atom. The molecule has 0 fully saturated rings. The van der Waals surface area contributed by atoms with E-state index in [0.717, 1.165) is 6.07 Å². The van der Waals surface area contributed by atoms with Crippen molar-refractivity contribution in [2.24, 2.45) is 0 Å². The highest BCUT2D eigenvalue weighted by molar-refractivity contribution is 7.89. The van der Waals surface area contributed by atoms with E-state index in [1.54, 1.807) is 20.8 Å². The molecule has 162 valence electrons. The van der Waals surface area contributed by atoms with Gasteiger partial charge in [0.1, 0.15) is 11.4 Å². The van der Waals surface area contributed by atoms with Crippen LogP contribution in [0.15, 0.2) is 23.1 Å². The molecule has 0 radical (unpaired) electrons. The number of carboxylic acids is 1. The fourth-order valence-electron chi connectivity index (χ4n) is 1.98. The first kappa shape index (κ1) is 24.2. The summed E-state index contributed by atoms with van der Waals surface area (Å²) in [6.45, 7) is 4.51. The largest absolute Gasteiger partial charge is 0.481 e. The second kappa shape index (κ2) is 10.1. The molecule has 0 spiro atoms. The molecule has 0 bridgehead atoms. The Balaban J connectivity index is 2.83. The van der Waals surface area contributed by atoms with Crippen LogP contribution in [0.3, 0.4) is 0 Å².